The molecule has 19 heavy (non-hydrogen) atoms. The van der Waals surface area contributed by atoms with Crippen molar-refractivity contribution in [2.24, 2.45) is 0 Å². The second-order valence-electron chi connectivity index (χ2n) is 4.08. The molecule has 1 heterocycles. The molecule has 0 bridgehead atoms. The van der Waals surface area contributed by atoms with Crippen LogP contribution in [0.25, 0.3) is 0 Å². The van der Waals surface area contributed by atoms with Gasteiger partial charge in [0.25, 0.3) is 0 Å². The van der Waals surface area contributed by atoms with E-state index in [9.17, 15) is 0 Å². The maximum Gasteiger partial charge on any atom is 0.223 e. The molecule has 0 radical (unpaired) electrons. The summed E-state index contributed by atoms with van der Waals surface area (Å²) in [6.07, 6.45) is 0. The van der Waals surface area contributed by atoms with E-state index >= 15 is 0 Å². The smallest absolute Gasteiger partial charge is 0.223 e. The first kappa shape index (κ1) is 13.1. The Hall–Kier alpha value is -2.32. The van der Waals surface area contributed by atoms with E-state index in [-0.39, 0.29) is 5.95 Å². The fourth-order valence-electron chi connectivity index (χ4n) is 1.71. The van der Waals surface area contributed by atoms with Crippen LogP contribution in [0.2, 0.25) is 5.15 Å². The van der Waals surface area contributed by atoms with Crippen LogP contribution in [0.5, 0.6) is 0 Å². The SMILES string of the molecule is CN(Cc1cccc(C#N)c1)c1cc(Cl)nc(N)n1. The average Bonchev–Trinajstić information content (AvgIpc) is 2.37. The van der Waals surface area contributed by atoms with Crippen LogP contribution in [0.4, 0.5) is 11.8 Å². The second kappa shape index (κ2) is 5.55. The summed E-state index contributed by atoms with van der Waals surface area (Å²) < 4.78 is 0. The lowest BCUT2D eigenvalue weighted by Gasteiger charge is -2.18. The Balaban J connectivity index is 2.20. The average molecular weight is 274 g/mol. The summed E-state index contributed by atoms with van der Waals surface area (Å²) in [5.41, 5.74) is 7.20. The molecule has 2 rings (SSSR count). The van der Waals surface area contributed by atoms with Crippen molar-refractivity contribution in [1.29, 1.82) is 5.26 Å². The van der Waals surface area contributed by atoms with Crippen LogP contribution < -0.4 is 10.6 Å². The molecular weight excluding hydrogens is 262 g/mol. The molecule has 0 atom stereocenters. The molecule has 0 unspecified atom stereocenters. The minimum absolute atomic E-state index is 0.139. The van der Waals surface area contributed by atoms with Gasteiger partial charge in [0.05, 0.1) is 11.6 Å². The largest absolute Gasteiger partial charge is 0.368 e. The first-order valence-electron chi connectivity index (χ1n) is 5.59. The Morgan fingerprint density at radius 3 is 2.84 bits per heavy atom. The number of nitriles is 1. The molecule has 0 fully saturated rings. The van der Waals surface area contributed by atoms with Gasteiger partial charge in [0.1, 0.15) is 11.0 Å². The van der Waals surface area contributed by atoms with Crippen LogP contribution in [-0.2, 0) is 6.54 Å². The van der Waals surface area contributed by atoms with E-state index in [1.807, 2.05) is 30.1 Å². The molecule has 0 spiro atoms. The van der Waals surface area contributed by atoms with Gasteiger partial charge in [-0.05, 0) is 17.7 Å². The third kappa shape index (κ3) is 3.33. The van der Waals surface area contributed by atoms with Gasteiger partial charge in [0, 0.05) is 19.7 Å². The summed E-state index contributed by atoms with van der Waals surface area (Å²) in [7, 11) is 1.87. The normalized spacial score (nSPS) is 9.95. The zero-order chi connectivity index (χ0) is 13.8. The third-order valence-electron chi connectivity index (χ3n) is 2.57. The van der Waals surface area contributed by atoms with Crippen LogP contribution in [0, 0.1) is 11.3 Å². The molecule has 0 amide bonds. The standard InChI is InChI=1S/C13H12ClN5/c1-19(12-6-11(14)17-13(16)18-12)8-10-4-2-3-9(5-10)7-15/h2-6H,8H2,1H3,(H2,16,17,18). The second-order valence-corrected chi connectivity index (χ2v) is 4.46. The van der Waals surface area contributed by atoms with Crippen molar-refractivity contribution >= 4 is 23.4 Å². The first-order valence-corrected chi connectivity index (χ1v) is 5.96. The summed E-state index contributed by atoms with van der Waals surface area (Å²) in [6, 6.07) is 11.2. The van der Waals surface area contributed by atoms with Crippen molar-refractivity contribution in [3.63, 3.8) is 0 Å². The monoisotopic (exact) mass is 273 g/mol. The molecule has 0 saturated carbocycles. The molecule has 6 heteroatoms. The molecule has 0 aliphatic carbocycles. The number of benzene rings is 1. The number of nitrogens with two attached hydrogens (primary N) is 1. The number of anilines is 2. The Kier molecular flexibility index (Phi) is 3.83. The zero-order valence-electron chi connectivity index (χ0n) is 10.3. The highest BCUT2D eigenvalue weighted by atomic mass is 35.5. The predicted octanol–water partition coefficient (Wildman–Crippen LogP) is 2.22. The highest BCUT2D eigenvalue weighted by molar-refractivity contribution is 6.29. The van der Waals surface area contributed by atoms with Crippen LogP contribution >= 0.6 is 11.6 Å². The molecule has 1 aromatic carbocycles. The quantitative estimate of drug-likeness (QED) is 0.868. The number of nitrogens with zero attached hydrogens (tertiary/aromatic N) is 4. The van der Waals surface area contributed by atoms with E-state index in [1.54, 1.807) is 12.1 Å². The zero-order valence-corrected chi connectivity index (χ0v) is 11.1. The lowest BCUT2D eigenvalue weighted by molar-refractivity contribution is 0.893. The number of hydrogen-bond acceptors (Lipinski definition) is 5. The fourth-order valence-corrected chi connectivity index (χ4v) is 1.90. The fraction of sp³-hybridized carbons (Fsp3) is 0.154. The van der Waals surface area contributed by atoms with Crippen molar-refractivity contribution in [3.05, 3.63) is 46.6 Å². The van der Waals surface area contributed by atoms with Gasteiger partial charge in [0.15, 0.2) is 0 Å². The highest BCUT2D eigenvalue weighted by Crippen LogP contribution is 2.18. The Bertz CT molecular complexity index is 615. The van der Waals surface area contributed by atoms with Crippen molar-refractivity contribution in [1.82, 2.24) is 9.97 Å². The molecule has 2 N–H and O–H groups in total. The molecule has 2 aromatic rings. The maximum absolute atomic E-state index is 8.87. The summed E-state index contributed by atoms with van der Waals surface area (Å²) in [5, 5.41) is 9.17. The topological polar surface area (TPSA) is 78.8 Å². The number of hydrogen-bond donors (Lipinski definition) is 1. The lowest BCUT2D eigenvalue weighted by Crippen LogP contribution is -2.18. The Labute approximate surface area is 116 Å². The molecular formula is C13H12ClN5. The number of aromatic nitrogens is 2. The van der Waals surface area contributed by atoms with Gasteiger partial charge >= 0.3 is 0 Å². The summed E-state index contributed by atoms with van der Waals surface area (Å²) in [5.74, 6) is 0.778. The van der Waals surface area contributed by atoms with Crippen molar-refractivity contribution < 1.29 is 0 Å². The summed E-state index contributed by atoms with van der Waals surface area (Å²) in [6.45, 7) is 0.600. The van der Waals surface area contributed by atoms with E-state index < -0.39 is 0 Å². The van der Waals surface area contributed by atoms with Gasteiger partial charge in [-0.25, -0.2) is 4.98 Å². The number of halogens is 1. The molecule has 96 valence electrons. The van der Waals surface area contributed by atoms with Crippen molar-refractivity contribution in [2.45, 2.75) is 6.54 Å². The Morgan fingerprint density at radius 1 is 1.37 bits per heavy atom. The minimum Gasteiger partial charge on any atom is -0.368 e. The van der Waals surface area contributed by atoms with Gasteiger partial charge in [-0.15, -0.1) is 0 Å². The van der Waals surface area contributed by atoms with Gasteiger partial charge < -0.3 is 10.6 Å². The van der Waals surface area contributed by atoms with Gasteiger partial charge in [-0.1, -0.05) is 23.7 Å². The Morgan fingerprint density at radius 2 is 2.16 bits per heavy atom. The molecule has 0 aliphatic rings. The van der Waals surface area contributed by atoms with Crippen LogP contribution in [0.3, 0.4) is 0 Å². The molecule has 1 aromatic heterocycles. The molecule has 5 nitrogen and oxygen atoms in total. The molecule has 0 saturated heterocycles. The van der Waals surface area contributed by atoms with E-state index in [0.29, 0.717) is 23.1 Å². The van der Waals surface area contributed by atoms with Crippen LogP contribution in [0.1, 0.15) is 11.1 Å². The summed E-state index contributed by atoms with van der Waals surface area (Å²) >= 11 is 5.84. The van der Waals surface area contributed by atoms with Crippen molar-refractivity contribution in [2.75, 3.05) is 17.7 Å². The van der Waals surface area contributed by atoms with Crippen LogP contribution in [0.15, 0.2) is 30.3 Å². The summed E-state index contributed by atoms with van der Waals surface area (Å²) in [4.78, 5) is 9.82. The van der Waals surface area contributed by atoms with E-state index in [0.717, 1.165) is 5.56 Å². The van der Waals surface area contributed by atoms with E-state index in [2.05, 4.69) is 16.0 Å². The first-order chi connectivity index (χ1) is 9.08. The van der Waals surface area contributed by atoms with Gasteiger partial charge in [-0.2, -0.15) is 10.2 Å². The third-order valence-corrected chi connectivity index (χ3v) is 2.76. The maximum atomic E-state index is 8.87. The molecule has 0 aliphatic heterocycles. The minimum atomic E-state index is 0.139. The highest BCUT2D eigenvalue weighted by Gasteiger charge is 2.07. The van der Waals surface area contributed by atoms with Crippen molar-refractivity contribution in [3.8, 4) is 6.07 Å². The predicted molar refractivity (Wildman–Crippen MR) is 74.7 cm³/mol. The van der Waals surface area contributed by atoms with Crippen LogP contribution in [-0.4, -0.2) is 17.0 Å². The van der Waals surface area contributed by atoms with E-state index in [4.69, 9.17) is 22.6 Å². The number of nitrogen functional groups attached to an aromatic ring is 1. The van der Waals surface area contributed by atoms with E-state index in [1.165, 1.54) is 0 Å². The van der Waals surface area contributed by atoms with Gasteiger partial charge in [0.2, 0.25) is 5.95 Å². The number of rotatable bonds is 3. The van der Waals surface area contributed by atoms with Gasteiger partial charge in [-0.3, -0.25) is 0 Å². The lowest BCUT2D eigenvalue weighted by atomic mass is 10.1.